The third-order valence-corrected chi connectivity index (χ3v) is 7.92. The molecule has 134 valence electrons. The lowest BCUT2D eigenvalue weighted by molar-refractivity contribution is -0.135. The predicted octanol–water partition coefficient (Wildman–Crippen LogP) is 3.70. The van der Waals surface area contributed by atoms with E-state index in [1.165, 1.54) is 23.5 Å². The topological polar surface area (TPSA) is 77.8 Å². The Hall–Kier alpha value is -1.12. The van der Waals surface area contributed by atoms with Gasteiger partial charge in [-0.3, -0.25) is 0 Å². The zero-order valence-electron chi connectivity index (χ0n) is 13.7. The molecule has 3 N–H and O–H groups in total. The van der Waals surface area contributed by atoms with Crippen molar-refractivity contribution in [1.82, 2.24) is 0 Å². The van der Waals surface area contributed by atoms with Crippen LogP contribution in [0.2, 0.25) is 0 Å². The lowest BCUT2D eigenvalue weighted by Crippen LogP contribution is -2.30. The van der Waals surface area contributed by atoms with Gasteiger partial charge >= 0.3 is 5.97 Å². The van der Waals surface area contributed by atoms with Crippen molar-refractivity contribution in [2.75, 3.05) is 12.4 Å². The SMILES string of the molecule is Cc1ccc(SC(SCC(O)CO)(Sc2ccccc2)C(=O)O)cc1. The minimum absolute atomic E-state index is 0.126. The van der Waals surface area contributed by atoms with Crippen LogP contribution in [-0.2, 0) is 4.79 Å². The summed E-state index contributed by atoms with van der Waals surface area (Å²) in [5, 5.41) is 28.7. The monoisotopic (exact) mass is 396 g/mol. The van der Waals surface area contributed by atoms with Crippen LogP contribution >= 0.6 is 35.3 Å². The van der Waals surface area contributed by atoms with Gasteiger partial charge in [-0.2, -0.15) is 0 Å². The summed E-state index contributed by atoms with van der Waals surface area (Å²) < 4.78 is -1.27. The van der Waals surface area contributed by atoms with E-state index in [0.717, 1.165) is 27.1 Å². The quantitative estimate of drug-likeness (QED) is 0.440. The van der Waals surface area contributed by atoms with Crippen LogP contribution in [-0.4, -0.2) is 43.2 Å². The number of aliphatic hydroxyl groups excluding tert-OH is 2. The maximum Gasteiger partial charge on any atom is 0.341 e. The van der Waals surface area contributed by atoms with Gasteiger partial charge in [-0.25, -0.2) is 4.79 Å². The van der Waals surface area contributed by atoms with Gasteiger partial charge in [0.2, 0.25) is 3.41 Å². The van der Waals surface area contributed by atoms with Crippen molar-refractivity contribution in [2.45, 2.75) is 26.2 Å². The molecule has 0 bridgehead atoms. The molecule has 0 amide bonds. The molecule has 2 atom stereocenters. The normalized spacial score (nSPS) is 14.7. The maximum absolute atomic E-state index is 12.2. The van der Waals surface area contributed by atoms with Crippen molar-refractivity contribution in [3.05, 3.63) is 60.2 Å². The van der Waals surface area contributed by atoms with E-state index >= 15 is 0 Å². The van der Waals surface area contributed by atoms with Crippen molar-refractivity contribution >= 4 is 41.3 Å². The molecule has 25 heavy (non-hydrogen) atoms. The fourth-order valence-electron chi connectivity index (χ4n) is 1.89. The number of hydrogen-bond acceptors (Lipinski definition) is 6. The van der Waals surface area contributed by atoms with Gasteiger partial charge in [0.25, 0.3) is 0 Å². The Bertz CT molecular complexity index is 678. The van der Waals surface area contributed by atoms with Crippen LogP contribution in [0.3, 0.4) is 0 Å². The number of aliphatic carboxylic acids is 1. The molecule has 4 nitrogen and oxygen atoms in total. The van der Waals surface area contributed by atoms with E-state index in [9.17, 15) is 15.0 Å². The summed E-state index contributed by atoms with van der Waals surface area (Å²) >= 11 is 3.58. The fraction of sp³-hybridized carbons (Fsp3) is 0.278. The molecule has 0 radical (unpaired) electrons. The first-order valence-corrected chi connectivity index (χ1v) is 10.2. The number of hydrogen-bond donors (Lipinski definition) is 3. The highest BCUT2D eigenvalue weighted by molar-refractivity contribution is 8.35. The highest BCUT2D eigenvalue weighted by atomic mass is 32.3. The largest absolute Gasteiger partial charge is 0.479 e. The first-order valence-electron chi connectivity index (χ1n) is 7.61. The van der Waals surface area contributed by atoms with Gasteiger partial charge in [-0.1, -0.05) is 59.4 Å². The standard InChI is InChI=1S/C18H20O4S3/c1-13-7-9-16(10-8-13)25-18(17(21)22,23-12-14(20)11-19)24-15-5-3-2-4-6-15/h2-10,14,19-20H,11-12H2,1H3,(H,21,22). The molecule has 2 aromatic carbocycles. The van der Waals surface area contributed by atoms with E-state index < -0.39 is 22.1 Å². The van der Waals surface area contributed by atoms with E-state index in [0.29, 0.717) is 0 Å². The van der Waals surface area contributed by atoms with Crippen LogP contribution in [0.5, 0.6) is 0 Å². The van der Waals surface area contributed by atoms with Crippen LogP contribution in [0.1, 0.15) is 5.56 Å². The van der Waals surface area contributed by atoms with Crippen LogP contribution in [0, 0.1) is 6.92 Å². The smallest absolute Gasteiger partial charge is 0.341 e. The average Bonchev–Trinajstić information content (AvgIpc) is 2.62. The van der Waals surface area contributed by atoms with Gasteiger partial charge in [0.1, 0.15) is 0 Å². The van der Waals surface area contributed by atoms with Gasteiger partial charge in [0, 0.05) is 15.5 Å². The average molecular weight is 397 g/mol. The van der Waals surface area contributed by atoms with Crippen molar-refractivity contribution < 1.29 is 20.1 Å². The van der Waals surface area contributed by atoms with Gasteiger partial charge in [-0.15, -0.1) is 11.8 Å². The number of thioether (sulfide) groups is 3. The van der Waals surface area contributed by atoms with Crippen LogP contribution < -0.4 is 0 Å². The highest BCUT2D eigenvalue weighted by Gasteiger charge is 2.42. The number of carbonyl (C=O) groups is 1. The highest BCUT2D eigenvalue weighted by Crippen LogP contribution is 2.53. The third kappa shape index (κ3) is 5.97. The summed E-state index contributed by atoms with van der Waals surface area (Å²) in [6.45, 7) is 1.58. The number of aliphatic hydroxyl groups is 2. The van der Waals surface area contributed by atoms with E-state index in [1.807, 2.05) is 61.5 Å². The molecule has 0 saturated heterocycles. The van der Waals surface area contributed by atoms with Crippen LogP contribution in [0.25, 0.3) is 0 Å². The first kappa shape index (κ1) is 20.2. The second kappa shape index (κ2) is 9.54. The summed E-state index contributed by atoms with van der Waals surface area (Å²) in [4.78, 5) is 13.9. The molecule has 2 unspecified atom stereocenters. The lowest BCUT2D eigenvalue weighted by Gasteiger charge is -2.28. The third-order valence-electron chi connectivity index (χ3n) is 3.21. The van der Waals surface area contributed by atoms with Crippen molar-refractivity contribution in [1.29, 1.82) is 0 Å². The summed E-state index contributed by atoms with van der Waals surface area (Å²) in [6.07, 6.45) is -0.960. The Morgan fingerprint density at radius 3 is 2.12 bits per heavy atom. The van der Waals surface area contributed by atoms with E-state index in [-0.39, 0.29) is 5.75 Å². The zero-order valence-corrected chi connectivity index (χ0v) is 16.1. The Morgan fingerprint density at radius 2 is 1.60 bits per heavy atom. The number of aryl methyl sites for hydroxylation is 1. The van der Waals surface area contributed by atoms with Crippen molar-refractivity contribution in [2.24, 2.45) is 0 Å². The number of rotatable bonds is 9. The van der Waals surface area contributed by atoms with Gasteiger partial charge < -0.3 is 15.3 Å². The summed E-state index contributed by atoms with van der Waals surface area (Å²) in [7, 11) is 0. The second-order valence-corrected chi connectivity index (χ2v) is 9.92. The zero-order chi connectivity index (χ0) is 18.3. The molecule has 0 aliphatic rings. The molecule has 0 saturated carbocycles. The summed E-state index contributed by atoms with van der Waals surface area (Å²) in [5.74, 6) is -0.858. The molecule has 0 aliphatic heterocycles. The first-order chi connectivity index (χ1) is 11.9. The van der Waals surface area contributed by atoms with Crippen LogP contribution in [0.15, 0.2) is 64.4 Å². The molecule has 0 fully saturated rings. The van der Waals surface area contributed by atoms with E-state index in [1.54, 1.807) is 0 Å². The maximum atomic E-state index is 12.2. The minimum atomic E-state index is -1.27. The Morgan fingerprint density at radius 1 is 1.04 bits per heavy atom. The second-order valence-electron chi connectivity index (χ2n) is 5.34. The molecule has 0 aromatic heterocycles. The fourth-order valence-corrected chi connectivity index (χ4v) is 6.09. The van der Waals surface area contributed by atoms with E-state index in [2.05, 4.69) is 0 Å². The molecule has 2 rings (SSSR count). The molecule has 7 heteroatoms. The van der Waals surface area contributed by atoms with Crippen LogP contribution in [0.4, 0.5) is 0 Å². The van der Waals surface area contributed by atoms with Crippen molar-refractivity contribution in [3.8, 4) is 0 Å². The van der Waals surface area contributed by atoms with E-state index in [4.69, 9.17) is 5.11 Å². The minimum Gasteiger partial charge on any atom is -0.479 e. The van der Waals surface area contributed by atoms with Crippen molar-refractivity contribution in [3.63, 3.8) is 0 Å². The molecule has 2 aromatic rings. The molecule has 0 aliphatic carbocycles. The molecule has 0 spiro atoms. The Labute approximate surface area is 160 Å². The van der Waals surface area contributed by atoms with Gasteiger partial charge in [-0.05, 0) is 31.2 Å². The Kier molecular flexibility index (Phi) is 7.71. The summed E-state index contributed by atoms with van der Waals surface area (Å²) in [5.41, 5.74) is 1.10. The molecular formula is C18H20O4S3. The predicted molar refractivity (Wildman–Crippen MR) is 105 cm³/mol. The lowest BCUT2D eigenvalue weighted by atomic mass is 10.2. The number of carboxylic acids is 1. The van der Waals surface area contributed by atoms with Gasteiger partial charge in [0.15, 0.2) is 0 Å². The molecule has 0 heterocycles. The summed E-state index contributed by atoms with van der Waals surface area (Å²) in [6, 6.07) is 17.0. The van der Waals surface area contributed by atoms with Gasteiger partial charge in [0.05, 0.1) is 12.7 Å². The number of benzene rings is 2. The Balaban J connectivity index is 2.31. The number of carboxylic acid groups (broad SMARTS) is 1. The molecular weight excluding hydrogens is 376 g/mol.